The second-order valence-corrected chi connectivity index (χ2v) is 8.73. The zero-order valence-corrected chi connectivity index (χ0v) is 19.8. The van der Waals surface area contributed by atoms with Crippen molar-refractivity contribution in [3.8, 4) is 0 Å². The molecule has 3 nitrogen and oxygen atoms in total. The maximum Gasteiger partial charge on any atom is 0.0913 e. The maximum atomic E-state index is 6.78. The molecule has 3 aromatic rings. The van der Waals surface area contributed by atoms with Gasteiger partial charge in [-0.15, -0.1) is 0 Å². The van der Waals surface area contributed by atoms with Gasteiger partial charge in [0.2, 0.25) is 0 Å². The highest BCUT2D eigenvalue weighted by atomic mass is 15.0. The summed E-state index contributed by atoms with van der Waals surface area (Å²) in [7, 11) is 1.81. The van der Waals surface area contributed by atoms with Crippen LogP contribution in [0.2, 0.25) is 0 Å². The summed E-state index contributed by atoms with van der Waals surface area (Å²) >= 11 is 0. The quantitative estimate of drug-likeness (QED) is 0.380. The van der Waals surface area contributed by atoms with Crippen LogP contribution in [0.3, 0.4) is 0 Å². The second kappa shape index (κ2) is 10.8. The molecule has 3 rings (SSSR count). The van der Waals surface area contributed by atoms with E-state index in [1.165, 1.54) is 16.8 Å². The van der Waals surface area contributed by atoms with Gasteiger partial charge in [0.25, 0.3) is 0 Å². The molecule has 0 fully saturated rings. The van der Waals surface area contributed by atoms with Crippen molar-refractivity contribution in [3.05, 3.63) is 113 Å². The molecule has 0 spiro atoms. The van der Waals surface area contributed by atoms with Gasteiger partial charge in [0.1, 0.15) is 0 Å². The number of allylic oxidation sites excluding steroid dienone is 1. The summed E-state index contributed by atoms with van der Waals surface area (Å²) in [4.78, 5) is 4.51. The van der Waals surface area contributed by atoms with Gasteiger partial charge in [-0.2, -0.15) is 0 Å². The Kier molecular flexibility index (Phi) is 7.88. The van der Waals surface area contributed by atoms with Crippen LogP contribution in [0.15, 0.2) is 95.6 Å². The van der Waals surface area contributed by atoms with Crippen molar-refractivity contribution in [1.29, 1.82) is 0 Å². The Hall–Kier alpha value is -3.33. The molecule has 0 saturated carbocycles. The molecule has 0 bridgehead atoms. The zero-order valence-electron chi connectivity index (χ0n) is 19.8. The van der Waals surface area contributed by atoms with Gasteiger partial charge in [-0.25, -0.2) is 0 Å². The van der Waals surface area contributed by atoms with Gasteiger partial charge in [0.05, 0.1) is 11.8 Å². The van der Waals surface area contributed by atoms with Crippen molar-refractivity contribution < 1.29 is 0 Å². The summed E-state index contributed by atoms with van der Waals surface area (Å²) in [5, 5.41) is 3.83. The number of aliphatic imine (C=N–C) groups is 1. The van der Waals surface area contributed by atoms with Crippen LogP contribution >= 0.6 is 0 Å². The van der Waals surface area contributed by atoms with Gasteiger partial charge in [-0.05, 0) is 40.2 Å². The second-order valence-electron chi connectivity index (χ2n) is 8.73. The molecule has 0 radical (unpaired) electrons. The first kappa shape index (κ1) is 23.3. The van der Waals surface area contributed by atoms with E-state index in [-0.39, 0.29) is 6.04 Å². The fraction of sp³-hybridized carbons (Fsp3) is 0.276. The van der Waals surface area contributed by atoms with Crippen LogP contribution in [-0.4, -0.2) is 12.8 Å². The Balaban J connectivity index is 2.10. The Labute approximate surface area is 193 Å². The highest BCUT2D eigenvalue weighted by molar-refractivity contribution is 6.09. The Morgan fingerprint density at radius 3 is 1.81 bits per heavy atom. The van der Waals surface area contributed by atoms with Crippen LogP contribution < -0.4 is 11.1 Å². The van der Waals surface area contributed by atoms with Crippen molar-refractivity contribution in [1.82, 2.24) is 0 Å². The average Bonchev–Trinajstić information content (AvgIpc) is 2.81. The van der Waals surface area contributed by atoms with Crippen molar-refractivity contribution in [2.45, 2.75) is 45.6 Å². The molecule has 32 heavy (non-hydrogen) atoms. The molecule has 3 heteroatoms. The minimum absolute atomic E-state index is 0.172. The minimum atomic E-state index is -0.172. The summed E-state index contributed by atoms with van der Waals surface area (Å²) < 4.78 is 0. The number of anilines is 1. The zero-order chi connectivity index (χ0) is 23.1. The first-order valence-electron chi connectivity index (χ1n) is 11.4. The first-order valence-corrected chi connectivity index (χ1v) is 11.4. The number of hydrogen-bond acceptors (Lipinski definition) is 3. The number of hydrogen-bond donors (Lipinski definition) is 2. The lowest BCUT2D eigenvalue weighted by molar-refractivity contribution is 0.815. The minimum Gasteiger partial charge on any atom is -0.400 e. The van der Waals surface area contributed by atoms with E-state index in [1.807, 2.05) is 37.4 Å². The Bertz CT molecular complexity index is 1040. The topological polar surface area (TPSA) is 50.4 Å². The molecule has 0 amide bonds. The van der Waals surface area contributed by atoms with Gasteiger partial charge >= 0.3 is 0 Å². The number of rotatable bonds is 8. The lowest BCUT2D eigenvalue weighted by Gasteiger charge is -2.27. The van der Waals surface area contributed by atoms with Crippen molar-refractivity contribution in [3.63, 3.8) is 0 Å². The third-order valence-electron chi connectivity index (χ3n) is 5.74. The summed E-state index contributed by atoms with van der Waals surface area (Å²) in [6.07, 6.45) is 1.99. The predicted molar refractivity (Wildman–Crippen MR) is 139 cm³/mol. The van der Waals surface area contributed by atoms with E-state index >= 15 is 0 Å². The molecule has 0 saturated heterocycles. The van der Waals surface area contributed by atoms with E-state index in [2.05, 4.69) is 92.6 Å². The van der Waals surface area contributed by atoms with Crippen LogP contribution in [0.4, 0.5) is 5.69 Å². The lowest BCUT2D eigenvalue weighted by atomic mass is 9.91. The molecule has 3 N–H and O–H groups in total. The highest BCUT2D eigenvalue weighted by Crippen LogP contribution is 2.36. The van der Waals surface area contributed by atoms with Crippen LogP contribution in [0.1, 0.15) is 67.8 Å². The summed E-state index contributed by atoms with van der Waals surface area (Å²) in [5.41, 5.74) is 14.3. The smallest absolute Gasteiger partial charge is 0.0913 e. The van der Waals surface area contributed by atoms with Crippen LogP contribution in [0.5, 0.6) is 0 Å². The average molecular weight is 426 g/mol. The monoisotopic (exact) mass is 425 g/mol. The SMILES string of the molecule is CN=C(/C=C(\N)C(Nc1c(C(C)C)cccc1C(C)C)c1ccccc1)c1ccccc1. The molecule has 1 atom stereocenters. The number of nitrogens with zero attached hydrogens (tertiary/aromatic N) is 1. The normalized spacial score (nSPS) is 13.5. The lowest BCUT2D eigenvalue weighted by Crippen LogP contribution is -2.22. The van der Waals surface area contributed by atoms with E-state index in [0.717, 1.165) is 22.5 Å². The van der Waals surface area contributed by atoms with Gasteiger partial charge in [-0.1, -0.05) is 107 Å². The number of nitrogens with two attached hydrogens (primary N) is 1. The van der Waals surface area contributed by atoms with Crippen LogP contribution in [0, 0.1) is 0 Å². The summed E-state index contributed by atoms with van der Waals surface area (Å²) in [6.45, 7) is 8.94. The van der Waals surface area contributed by atoms with Crippen molar-refractivity contribution >= 4 is 11.4 Å². The van der Waals surface area contributed by atoms with Gasteiger partial charge in [0, 0.05) is 18.4 Å². The third kappa shape index (κ3) is 5.47. The molecule has 0 aliphatic carbocycles. The summed E-state index contributed by atoms with van der Waals surface area (Å²) in [6, 6.07) is 27.0. The number of nitrogens with one attached hydrogen (secondary N) is 1. The van der Waals surface area contributed by atoms with E-state index in [1.54, 1.807) is 0 Å². The van der Waals surface area contributed by atoms with E-state index in [4.69, 9.17) is 5.73 Å². The standard InChI is InChI=1S/C29H35N3/c1-20(2)24-17-12-18-25(21(3)4)29(24)32-28(23-15-10-7-11-16-23)26(30)19-27(31-5)22-13-8-6-9-14-22/h6-21,28,32H,30H2,1-5H3/b26-19-,31-27?. The Morgan fingerprint density at radius 2 is 1.31 bits per heavy atom. The highest BCUT2D eigenvalue weighted by Gasteiger charge is 2.21. The third-order valence-corrected chi connectivity index (χ3v) is 5.74. The Morgan fingerprint density at radius 1 is 0.781 bits per heavy atom. The van der Waals surface area contributed by atoms with Crippen molar-refractivity contribution in [2.24, 2.45) is 10.7 Å². The molecule has 1 unspecified atom stereocenters. The van der Waals surface area contributed by atoms with Crippen LogP contribution in [0.25, 0.3) is 0 Å². The van der Waals surface area contributed by atoms with Gasteiger partial charge in [0.15, 0.2) is 0 Å². The molecule has 0 aromatic heterocycles. The molecule has 0 heterocycles. The van der Waals surface area contributed by atoms with E-state index in [9.17, 15) is 0 Å². The van der Waals surface area contributed by atoms with Crippen molar-refractivity contribution in [2.75, 3.05) is 12.4 Å². The molecule has 3 aromatic carbocycles. The predicted octanol–water partition coefficient (Wildman–Crippen LogP) is 7.05. The molecule has 0 aliphatic heterocycles. The maximum absolute atomic E-state index is 6.78. The van der Waals surface area contributed by atoms with E-state index < -0.39 is 0 Å². The van der Waals surface area contributed by atoms with Gasteiger partial charge in [-0.3, -0.25) is 4.99 Å². The fourth-order valence-corrected chi connectivity index (χ4v) is 3.99. The largest absolute Gasteiger partial charge is 0.400 e. The summed E-state index contributed by atoms with van der Waals surface area (Å²) in [5.74, 6) is 0.796. The molecular formula is C29H35N3. The number of benzene rings is 3. The van der Waals surface area contributed by atoms with E-state index in [0.29, 0.717) is 11.8 Å². The molecule has 166 valence electrons. The van der Waals surface area contributed by atoms with Crippen LogP contribution in [-0.2, 0) is 0 Å². The van der Waals surface area contributed by atoms with Gasteiger partial charge < -0.3 is 11.1 Å². The number of para-hydroxylation sites is 1. The fourth-order valence-electron chi connectivity index (χ4n) is 3.99. The first-order chi connectivity index (χ1) is 15.4. The molecular weight excluding hydrogens is 390 g/mol. The molecule has 0 aliphatic rings.